The van der Waals surface area contributed by atoms with Crippen molar-refractivity contribution in [3.8, 4) is 0 Å². The number of hydrogen-bond acceptors (Lipinski definition) is 3. The third-order valence-electron chi connectivity index (χ3n) is 3.80. The minimum absolute atomic E-state index is 0.0915. The van der Waals surface area contributed by atoms with Gasteiger partial charge in [-0.3, -0.25) is 9.59 Å². The van der Waals surface area contributed by atoms with Crippen LogP contribution in [0.3, 0.4) is 0 Å². The van der Waals surface area contributed by atoms with Crippen LogP contribution in [0.5, 0.6) is 0 Å². The Bertz CT molecular complexity index is 435. The van der Waals surface area contributed by atoms with Gasteiger partial charge in [0.2, 0.25) is 0 Å². The van der Waals surface area contributed by atoms with Crippen LogP contribution in [0.25, 0.3) is 0 Å². The Hall–Kier alpha value is -1.84. The highest BCUT2D eigenvalue weighted by atomic mass is 16.5. The molecule has 4 heteroatoms. The predicted octanol–water partition coefficient (Wildman–Crippen LogP) is 2.18. The van der Waals surface area contributed by atoms with Crippen LogP contribution in [0.1, 0.15) is 12.8 Å². The third kappa shape index (κ3) is 2.78. The van der Waals surface area contributed by atoms with Gasteiger partial charge in [0.05, 0.1) is 11.8 Å². The Morgan fingerprint density at radius 3 is 2.32 bits per heavy atom. The molecule has 4 nitrogen and oxygen atoms in total. The number of carboxylic acid groups (broad SMARTS) is 1. The fourth-order valence-corrected chi connectivity index (χ4v) is 2.91. The maximum Gasteiger partial charge on any atom is 0.310 e. The Kier molecular flexibility index (Phi) is 4.20. The summed E-state index contributed by atoms with van der Waals surface area (Å²) in [5.74, 6) is -2.87. The molecule has 3 aliphatic rings. The molecule has 4 unspecified atom stereocenters. The topological polar surface area (TPSA) is 63.6 Å². The Morgan fingerprint density at radius 1 is 1.21 bits per heavy atom. The molecule has 0 spiro atoms. The lowest BCUT2D eigenvalue weighted by atomic mass is 9.67. The largest absolute Gasteiger partial charge is 0.481 e. The van der Waals surface area contributed by atoms with Gasteiger partial charge >= 0.3 is 11.9 Å². The molecule has 0 fully saturated rings. The molecule has 0 amide bonds. The number of fused-ring (bicyclic) bond motifs is 3. The molecule has 0 radical (unpaired) electrons. The zero-order valence-corrected chi connectivity index (χ0v) is 10.7. The van der Waals surface area contributed by atoms with Gasteiger partial charge in [-0.2, -0.15) is 0 Å². The summed E-state index contributed by atoms with van der Waals surface area (Å²) >= 11 is 0. The summed E-state index contributed by atoms with van der Waals surface area (Å²) in [6.45, 7) is 3.62. The second-order valence-electron chi connectivity index (χ2n) is 4.96. The van der Waals surface area contributed by atoms with Crippen molar-refractivity contribution >= 4 is 11.9 Å². The number of allylic oxidation sites excluding steroid dienone is 4. The van der Waals surface area contributed by atoms with Crippen molar-refractivity contribution in [2.24, 2.45) is 23.7 Å². The molecule has 0 saturated heterocycles. The highest BCUT2D eigenvalue weighted by Crippen LogP contribution is 2.40. The zero-order chi connectivity index (χ0) is 13.8. The molecular formula is C15H18O4. The smallest absolute Gasteiger partial charge is 0.310 e. The summed E-state index contributed by atoms with van der Waals surface area (Å²) in [6.07, 6.45) is 10.8. The number of ether oxygens (including phenoxy) is 1. The zero-order valence-electron chi connectivity index (χ0n) is 10.7. The molecule has 0 saturated carbocycles. The van der Waals surface area contributed by atoms with Gasteiger partial charge in [0.1, 0.15) is 6.61 Å². The van der Waals surface area contributed by atoms with Crippen LogP contribution in [0, 0.1) is 23.7 Å². The van der Waals surface area contributed by atoms with Gasteiger partial charge in [0.25, 0.3) is 0 Å². The predicted molar refractivity (Wildman–Crippen MR) is 70.3 cm³/mol. The molecule has 0 heterocycles. The first-order valence-electron chi connectivity index (χ1n) is 6.48. The van der Waals surface area contributed by atoms with Crippen LogP contribution < -0.4 is 0 Å². The van der Waals surface area contributed by atoms with Gasteiger partial charge < -0.3 is 9.84 Å². The molecule has 19 heavy (non-hydrogen) atoms. The molecule has 102 valence electrons. The van der Waals surface area contributed by atoms with E-state index < -0.39 is 23.8 Å². The van der Waals surface area contributed by atoms with E-state index in [1.54, 1.807) is 0 Å². The summed E-state index contributed by atoms with van der Waals surface area (Å²) in [7, 11) is 0. The normalized spacial score (nSPS) is 32.4. The van der Waals surface area contributed by atoms with Crippen molar-refractivity contribution < 1.29 is 19.4 Å². The average molecular weight is 262 g/mol. The van der Waals surface area contributed by atoms with Crippen molar-refractivity contribution in [2.45, 2.75) is 12.8 Å². The molecule has 0 aromatic carbocycles. The number of hydrogen-bond donors (Lipinski definition) is 1. The summed E-state index contributed by atoms with van der Waals surface area (Å²) in [5.41, 5.74) is 0. The fourth-order valence-electron chi connectivity index (χ4n) is 2.91. The van der Waals surface area contributed by atoms with Crippen molar-refractivity contribution in [1.82, 2.24) is 0 Å². The molecule has 4 atom stereocenters. The summed E-state index contributed by atoms with van der Waals surface area (Å²) in [6, 6.07) is 0. The number of esters is 1. The van der Waals surface area contributed by atoms with Crippen molar-refractivity contribution in [3.63, 3.8) is 0 Å². The van der Waals surface area contributed by atoms with Crippen LogP contribution in [0.2, 0.25) is 0 Å². The van der Waals surface area contributed by atoms with E-state index in [2.05, 4.69) is 6.58 Å². The van der Waals surface area contributed by atoms with Gasteiger partial charge in [-0.1, -0.05) is 37.0 Å². The minimum atomic E-state index is -0.921. The quantitative estimate of drug-likeness (QED) is 0.623. The molecule has 0 aromatic heterocycles. The molecule has 2 bridgehead atoms. The monoisotopic (exact) mass is 262 g/mol. The Morgan fingerprint density at radius 2 is 1.79 bits per heavy atom. The van der Waals surface area contributed by atoms with E-state index in [1.807, 2.05) is 24.3 Å². The maximum atomic E-state index is 12.1. The lowest BCUT2D eigenvalue weighted by Crippen LogP contribution is -2.42. The number of carboxylic acids is 1. The average Bonchev–Trinajstić information content (AvgIpc) is 2.35. The van der Waals surface area contributed by atoms with Crippen LogP contribution >= 0.6 is 0 Å². The summed E-state index contributed by atoms with van der Waals surface area (Å²) in [5, 5.41) is 9.44. The minimum Gasteiger partial charge on any atom is -0.481 e. The number of carbonyl (C=O) groups is 2. The van der Waals surface area contributed by atoms with E-state index in [9.17, 15) is 14.7 Å². The second kappa shape index (κ2) is 5.87. The van der Waals surface area contributed by atoms with E-state index in [1.165, 1.54) is 6.08 Å². The van der Waals surface area contributed by atoms with E-state index in [0.717, 1.165) is 0 Å². The first-order chi connectivity index (χ1) is 9.15. The molecule has 0 aliphatic heterocycles. The first-order valence-corrected chi connectivity index (χ1v) is 6.48. The molecule has 0 aromatic rings. The van der Waals surface area contributed by atoms with Gasteiger partial charge in [-0.05, 0) is 24.7 Å². The Balaban J connectivity index is 2.28. The molecule has 3 rings (SSSR count). The van der Waals surface area contributed by atoms with E-state index in [0.29, 0.717) is 12.8 Å². The number of carbonyl (C=O) groups excluding carboxylic acids is 1. The van der Waals surface area contributed by atoms with Crippen LogP contribution in [0.15, 0.2) is 37.0 Å². The van der Waals surface area contributed by atoms with Crippen LogP contribution in [0.4, 0.5) is 0 Å². The lowest BCUT2D eigenvalue weighted by molar-refractivity contribution is -0.161. The van der Waals surface area contributed by atoms with E-state index >= 15 is 0 Å². The van der Waals surface area contributed by atoms with Gasteiger partial charge in [0, 0.05) is 0 Å². The van der Waals surface area contributed by atoms with Crippen molar-refractivity contribution in [3.05, 3.63) is 37.0 Å². The van der Waals surface area contributed by atoms with Crippen LogP contribution in [-0.4, -0.2) is 23.7 Å². The highest BCUT2D eigenvalue weighted by Gasteiger charge is 2.45. The highest BCUT2D eigenvalue weighted by molar-refractivity contribution is 5.82. The SMILES string of the molecule is C=CCOC(=O)C1C2C=CC(CC=CC2)C1C(=O)O. The number of aliphatic carboxylic acids is 1. The standard InChI is InChI=1S/C15H18O4/c1-2-9-19-15(18)13-11-6-4-3-5-10(7-8-11)12(13)14(16)17/h2-4,7-8,10-13H,1,5-6,9H2,(H,16,17). The summed E-state index contributed by atoms with van der Waals surface area (Å²) < 4.78 is 5.08. The number of rotatable bonds is 4. The lowest BCUT2D eigenvalue weighted by Gasteiger charge is -2.36. The van der Waals surface area contributed by atoms with Gasteiger partial charge in [0.15, 0.2) is 0 Å². The van der Waals surface area contributed by atoms with Crippen molar-refractivity contribution in [2.75, 3.05) is 6.61 Å². The van der Waals surface area contributed by atoms with E-state index in [4.69, 9.17) is 4.74 Å². The van der Waals surface area contributed by atoms with Crippen molar-refractivity contribution in [1.29, 1.82) is 0 Å². The van der Waals surface area contributed by atoms with Crippen LogP contribution in [-0.2, 0) is 14.3 Å². The van der Waals surface area contributed by atoms with E-state index in [-0.39, 0.29) is 18.4 Å². The molecular weight excluding hydrogens is 244 g/mol. The first kappa shape index (κ1) is 13.6. The fraction of sp³-hybridized carbons (Fsp3) is 0.467. The third-order valence-corrected chi connectivity index (χ3v) is 3.80. The Labute approximate surface area is 112 Å². The maximum absolute atomic E-state index is 12.1. The van der Waals surface area contributed by atoms with Gasteiger partial charge in [-0.25, -0.2) is 0 Å². The van der Waals surface area contributed by atoms with Gasteiger partial charge in [-0.15, -0.1) is 0 Å². The second-order valence-corrected chi connectivity index (χ2v) is 4.96. The molecule has 1 N–H and O–H groups in total. The summed E-state index contributed by atoms with van der Waals surface area (Å²) in [4.78, 5) is 23.6. The molecule has 3 aliphatic carbocycles.